The third-order valence-electron chi connectivity index (χ3n) is 4.03. The topological polar surface area (TPSA) is 12.0 Å². The molecule has 1 aliphatic rings. The van der Waals surface area contributed by atoms with Crippen molar-refractivity contribution in [2.75, 3.05) is 6.54 Å². The van der Waals surface area contributed by atoms with Gasteiger partial charge in [0.05, 0.1) is 5.02 Å². The third-order valence-corrected chi connectivity index (χ3v) is 6.17. The van der Waals surface area contributed by atoms with Crippen molar-refractivity contribution in [3.8, 4) is 0 Å². The Labute approximate surface area is 143 Å². The summed E-state index contributed by atoms with van der Waals surface area (Å²) in [4.78, 5) is 1.12. The van der Waals surface area contributed by atoms with E-state index in [1.165, 1.54) is 44.9 Å². The minimum atomic E-state index is 0.588. The lowest BCUT2D eigenvalue weighted by Gasteiger charge is -2.30. The van der Waals surface area contributed by atoms with E-state index in [0.717, 1.165) is 21.5 Å². The first kappa shape index (κ1) is 17.5. The summed E-state index contributed by atoms with van der Waals surface area (Å²) in [6, 6.07) is 6.36. The summed E-state index contributed by atoms with van der Waals surface area (Å²) in [5.74, 6) is 0. The van der Waals surface area contributed by atoms with E-state index < -0.39 is 0 Å². The molecule has 0 spiro atoms. The molecule has 0 aliphatic heterocycles. The Morgan fingerprint density at radius 1 is 1.14 bits per heavy atom. The molecule has 1 fully saturated rings. The van der Waals surface area contributed by atoms with Gasteiger partial charge in [0.1, 0.15) is 0 Å². The Balaban J connectivity index is 2.08. The van der Waals surface area contributed by atoms with E-state index in [0.29, 0.717) is 11.3 Å². The van der Waals surface area contributed by atoms with Gasteiger partial charge in [0, 0.05) is 21.2 Å². The van der Waals surface area contributed by atoms with Crippen LogP contribution in [-0.4, -0.2) is 17.8 Å². The molecule has 0 saturated heterocycles. The molecular weight excluding hydrogens is 321 g/mol. The van der Waals surface area contributed by atoms with Crippen LogP contribution in [-0.2, 0) is 0 Å². The zero-order chi connectivity index (χ0) is 15.1. The van der Waals surface area contributed by atoms with Gasteiger partial charge in [-0.1, -0.05) is 55.8 Å². The van der Waals surface area contributed by atoms with E-state index in [2.05, 4.69) is 12.2 Å². The maximum atomic E-state index is 6.34. The number of nitrogens with one attached hydrogen (secondary N) is 1. The van der Waals surface area contributed by atoms with E-state index in [1.54, 1.807) is 0 Å². The fourth-order valence-corrected chi connectivity index (χ4v) is 4.76. The first-order valence-corrected chi connectivity index (χ1v) is 9.69. The molecule has 2 unspecified atom stereocenters. The van der Waals surface area contributed by atoms with Gasteiger partial charge in [-0.3, -0.25) is 0 Å². The van der Waals surface area contributed by atoms with Crippen LogP contribution in [0.3, 0.4) is 0 Å². The van der Waals surface area contributed by atoms with Gasteiger partial charge in [0.25, 0.3) is 0 Å². The smallest absolute Gasteiger partial charge is 0.0543 e. The maximum absolute atomic E-state index is 6.34. The summed E-state index contributed by atoms with van der Waals surface area (Å²) < 4.78 is 0. The Kier molecular flexibility index (Phi) is 7.73. The Bertz CT molecular complexity index is 437. The van der Waals surface area contributed by atoms with Gasteiger partial charge in [0.15, 0.2) is 0 Å². The Morgan fingerprint density at radius 3 is 2.67 bits per heavy atom. The summed E-state index contributed by atoms with van der Waals surface area (Å²) in [6.45, 7) is 3.33. The molecule has 0 aromatic heterocycles. The zero-order valence-electron chi connectivity index (χ0n) is 12.7. The van der Waals surface area contributed by atoms with Crippen molar-refractivity contribution >= 4 is 35.0 Å². The number of benzene rings is 1. The van der Waals surface area contributed by atoms with Gasteiger partial charge < -0.3 is 5.32 Å². The maximum Gasteiger partial charge on any atom is 0.0543 e. The molecule has 1 aromatic carbocycles. The standard InChI is InChI=1S/C17H25Cl2NS/c1-2-11-20-15-7-5-3-4-6-8-16(15)21-17-12-13(18)9-10-14(17)19/h9-10,12,15-16,20H,2-8,11H2,1H3. The average molecular weight is 346 g/mol. The van der Waals surface area contributed by atoms with Crippen molar-refractivity contribution in [1.29, 1.82) is 0 Å². The van der Waals surface area contributed by atoms with Crippen LogP contribution in [0.5, 0.6) is 0 Å². The number of rotatable bonds is 5. The quantitative estimate of drug-likeness (QED) is 0.683. The Morgan fingerprint density at radius 2 is 1.90 bits per heavy atom. The highest BCUT2D eigenvalue weighted by molar-refractivity contribution is 8.00. The molecule has 2 rings (SSSR count). The second-order valence-electron chi connectivity index (χ2n) is 5.78. The fourth-order valence-electron chi connectivity index (χ4n) is 2.89. The van der Waals surface area contributed by atoms with Crippen LogP contribution in [0.15, 0.2) is 23.1 Å². The lowest BCUT2D eigenvalue weighted by molar-refractivity contribution is 0.400. The predicted octanol–water partition coefficient (Wildman–Crippen LogP) is 6.18. The SMILES string of the molecule is CCCNC1CCCCCCC1Sc1cc(Cl)ccc1Cl. The second kappa shape index (κ2) is 9.29. The van der Waals surface area contributed by atoms with Crippen molar-refractivity contribution in [3.05, 3.63) is 28.2 Å². The molecule has 4 heteroatoms. The highest BCUT2D eigenvalue weighted by Gasteiger charge is 2.24. The molecule has 21 heavy (non-hydrogen) atoms. The third kappa shape index (κ3) is 5.67. The van der Waals surface area contributed by atoms with Crippen LogP contribution in [0.2, 0.25) is 10.0 Å². The first-order valence-electron chi connectivity index (χ1n) is 8.05. The summed E-state index contributed by atoms with van der Waals surface area (Å²) in [6.07, 6.45) is 9.11. The van der Waals surface area contributed by atoms with E-state index >= 15 is 0 Å². The molecule has 0 heterocycles. The molecule has 1 aliphatic carbocycles. The van der Waals surface area contributed by atoms with Gasteiger partial charge in [-0.05, 0) is 44.0 Å². The number of thioether (sulfide) groups is 1. The van der Waals surface area contributed by atoms with Crippen molar-refractivity contribution in [3.63, 3.8) is 0 Å². The Hall–Kier alpha value is 0.110. The van der Waals surface area contributed by atoms with Gasteiger partial charge in [-0.2, -0.15) is 0 Å². The average Bonchev–Trinajstić information content (AvgIpc) is 2.45. The molecule has 0 bridgehead atoms. The molecule has 1 N–H and O–H groups in total. The highest BCUT2D eigenvalue weighted by atomic mass is 35.5. The van der Waals surface area contributed by atoms with E-state index in [9.17, 15) is 0 Å². The molecule has 2 atom stereocenters. The zero-order valence-corrected chi connectivity index (χ0v) is 15.0. The van der Waals surface area contributed by atoms with Crippen LogP contribution < -0.4 is 5.32 Å². The van der Waals surface area contributed by atoms with Crippen molar-refractivity contribution in [2.24, 2.45) is 0 Å². The van der Waals surface area contributed by atoms with Gasteiger partial charge in [-0.25, -0.2) is 0 Å². The first-order chi connectivity index (χ1) is 10.2. The van der Waals surface area contributed by atoms with Gasteiger partial charge in [0.2, 0.25) is 0 Å². The largest absolute Gasteiger partial charge is 0.313 e. The van der Waals surface area contributed by atoms with Crippen LogP contribution in [0.4, 0.5) is 0 Å². The van der Waals surface area contributed by atoms with Crippen molar-refractivity contribution < 1.29 is 0 Å². The molecule has 1 saturated carbocycles. The molecule has 1 nitrogen and oxygen atoms in total. The minimum absolute atomic E-state index is 0.588. The number of halogens is 2. The van der Waals surface area contributed by atoms with E-state index in [1.807, 2.05) is 30.0 Å². The van der Waals surface area contributed by atoms with Crippen LogP contribution in [0.25, 0.3) is 0 Å². The van der Waals surface area contributed by atoms with Crippen molar-refractivity contribution in [1.82, 2.24) is 5.32 Å². The van der Waals surface area contributed by atoms with Gasteiger partial charge >= 0.3 is 0 Å². The highest BCUT2D eigenvalue weighted by Crippen LogP contribution is 2.37. The summed E-state index contributed by atoms with van der Waals surface area (Å²) in [5.41, 5.74) is 0. The van der Waals surface area contributed by atoms with E-state index in [4.69, 9.17) is 23.2 Å². The number of hydrogen-bond acceptors (Lipinski definition) is 2. The van der Waals surface area contributed by atoms with Crippen LogP contribution >= 0.6 is 35.0 Å². The van der Waals surface area contributed by atoms with E-state index in [-0.39, 0.29) is 0 Å². The fraction of sp³-hybridized carbons (Fsp3) is 0.647. The molecule has 118 valence electrons. The van der Waals surface area contributed by atoms with Crippen LogP contribution in [0.1, 0.15) is 51.9 Å². The lowest BCUT2D eigenvalue weighted by atomic mass is 9.96. The molecule has 0 amide bonds. The lowest BCUT2D eigenvalue weighted by Crippen LogP contribution is -2.39. The second-order valence-corrected chi connectivity index (χ2v) is 7.91. The summed E-state index contributed by atoms with van der Waals surface area (Å²) in [7, 11) is 0. The molecular formula is C17H25Cl2NS. The monoisotopic (exact) mass is 345 g/mol. The van der Waals surface area contributed by atoms with Crippen molar-refractivity contribution in [2.45, 2.75) is 68.1 Å². The van der Waals surface area contributed by atoms with Gasteiger partial charge in [-0.15, -0.1) is 11.8 Å². The summed E-state index contributed by atoms with van der Waals surface area (Å²) in [5, 5.41) is 5.93. The summed E-state index contributed by atoms with van der Waals surface area (Å²) >= 11 is 14.4. The predicted molar refractivity (Wildman–Crippen MR) is 95.9 cm³/mol. The normalized spacial score (nSPS) is 23.6. The molecule has 0 radical (unpaired) electrons. The van der Waals surface area contributed by atoms with Crippen LogP contribution in [0, 0.1) is 0 Å². The number of hydrogen-bond donors (Lipinski definition) is 1. The molecule has 1 aromatic rings. The minimum Gasteiger partial charge on any atom is -0.313 e.